The maximum atomic E-state index is 13.2. The molecule has 0 saturated carbocycles. The molecule has 2 aromatic carbocycles. The third-order valence-electron chi connectivity index (χ3n) is 6.35. The largest absolute Gasteiger partial charge is 0.496 e. The molecule has 1 aliphatic heterocycles. The van der Waals surface area contributed by atoms with Crippen LogP contribution in [0, 0.1) is 0 Å². The van der Waals surface area contributed by atoms with Crippen molar-refractivity contribution in [1.29, 1.82) is 0 Å². The van der Waals surface area contributed by atoms with E-state index in [0.29, 0.717) is 24.3 Å². The first-order valence-electron chi connectivity index (χ1n) is 10.5. The molecule has 0 spiro atoms. The molecule has 0 bridgehead atoms. The molecule has 0 radical (unpaired) electrons. The molecule has 34 heavy (non-hydrogen) atoms. The molecule has 2 heterocycles. The number of rotatable bonds is 5. The van der Waals surface area contributed by atoms with Gasteiger partial charge in [0.2, 0.25) is 0 Å². The van der Waals surface area contributed by atoms with E-state index in [9.17, 15) is 23.1 Å². The van der Waals surface area contributed by atoms with E-state index in [4.69, 9.17) is 25.5 Å². The van der Waals surface area contributed by atoms with Crippen molar-refractivity contribution in [3.8, 4) is 22.8 Å². The van der Waals surface area contributed by atoms with Gasteiger partial charge in [-0.15, -0.1) is 0 Å². The molecule has 0 amide bonds. The Balaban J connectivity index is 2.01. The number of hydrogen-bond donors (Lipinski definition) is 1. The second-order valence-electron chi connectivity index (χ2n) is 8.19. The van der Waals surface area contributed by atoms with Gasteiger partial charge >= 0.3 is 6.18 Å². The normalized spacial score (nSPS) is 19.1. The SMILES string of the molecule is COc1cc(OC)c2c(=O)cc(-c3ccc(C(F)(F)F)cc3Cl)oc2c1[C@H]1CCN(C)[C@@H]1CO. The van der Waals surface area contributed by atoms with Gasteiger partial charge in [-0.1, -0.05) is 11.6 Å². The Hall–Kier alpha value is -2.75. The van der Waals surface area contributed by atoms with E-state index >= 15 is 0 Å². The van der Waals surface area contributed by atoms with E-state index in [1.54, 1.807) is 6.07 Å². The van der Waals surface area contributed by atoms with Gasteiger partial charge in [0, 0.05) is 35.2 Å². The van der Waals surface area contributed by atoms with E-state index in [-0.39, 0.29) is 51.6 Å². The van der Waals surface area contributed by atoms with Gasteiger partial charge in [-0.05, 0) is 38.2 Å². The minimum atomic E-state index is -4.56. The number of nitrogens with zero attached hydrogens (tertiary/aromatic N) is 1. The number of fused-ring (bicyclic) bond motifs is 1. The Kier molecular flexibility index (Phi) is 6.54. The Morgan fingerprint density at radius 1 is 1.18 bits per heavy atom. The summed E-state index contributed by atoms with van der Waals surface area (Å²) in [6, 6.07) is 5.39. The Bertz CT molecular complexity index is 1290. The Morgan fingerprint density at radius 3 is 2.47 bits per heavy atom. The lowest BCUT2D eigenvalue weighted by atomic mass is 9.89. The van der Waals surface area contributed by atoms with E-state index in [2.05, 4.69) is 0 Å². The zero-order valence-electron chi connectivity index (χ0n) is 18.7. The van der Waals surface area contributed by atoms with E-state index in [0.717, 1.165) is 12.1 Å². The summed E-state index contributed by atoms with van der Waals surface area (Å²) >= 11 is 6.17. The summed E-state index contributed by atoms with van der Waals surface area (Å²) in [7, 11) is 4.78. The lowest BCUT2D eigenvalue weighted by Gasteiger charge is -2.25. The number of likely N-dealkylation sites (tertiary alicyclic amines) is 1. The average Bonchev–Trinajstić information content (AvgIpc) is 3.16. The van der Waals surface area contributed by atoms with Gasteiger partial charge in [-0.2, -0.15) is 13.2 Å². The molecule has 3 aromatic rings. The van der Waals surface area contributed by atoms with Crippen molar-refractivity contribution in [2.45, 2.75) is 24.6 Å². The van der Waals surface area contributed by atoms with Crippen molar-refractivity contribution in [1.82, 2.24) is 4.90 Å². The number of likely N-dealkylation sites (N-methyl/N-ethyl adjacent to an activating group) is 1. The second-order valence-corrected chi connectivity index (χ2v) is 8.60. The molecule has 1 saturated heterocycles. The molecule has 1 fully saturated rings. The molecule has 0 unspecified atom stereocenters. The summed E-state index contributed by atoms with van der Waals surface area (Å²) in [6.07, 6.45) is -3.89. The minimum absolute atomic E-state index is 0.0136. The van der Waals surface area contributed by atoms with E-state index in [1.165, 1.54) is 26.4 Å². The van der Waals surface area contributed by atoms with Crippen LogP contribution in [0.25, 0.3) is 22.3 Å². The van der Waals surface area contributed by atoms with Crippen molar-refractivity contribution < 1.29 is 32.2 Å². The number of hydrogen-bond acceptors (Lipinski definition) is 6. The van der Waals surface area contributed by atoms with Gasteiger partial charge in [0.1, 0.15) is 28.2 Å². The van der Waals surface area contributed by atoms with Crippen LogP contribution in [0.4, 0.5) is 13.2 Å². The van der Waals surface area contributed by atoms with Crippen LogP contribution < -0.4 is 14.9 Å². The molecule has 1 N–H and O–H groups in total. The van der Waals surface area contributed by atoms with Crippen LogP contribution >= 0.6 is 11.6 Å². The van der Waals surface area contributed by atoms with Crippen molar-refractivity contribution >= 4 is 22.6 Å². The van der Waals surface area contributed by atoms with Crippen LogP contribution in [-0.4, -0.2) is 50.5 Å². The van der Waals surface area contributed by atoms with Gasteiger partial charge in [0.25, 0.3) is 0 Å². The van der Waals surface area contributed by atoms with Crippen LogP contribution in [0.3, 0.4) is 0 Å². The number of aliphatic hydroxyl groups excluding tert-OH is 1. The van der Waals surface area contributed by atoms with Crippen LogP contribution in [0.2, 0.25) is 5.02 Å². The summed E-state index contributed by atoms with van der Waals surface area (Å²) in [6.45, 7) is 0.591. The maximum absolute atomic E-state index is 13.2. The summed E-state index contributed by atoms with van der Waals surface area (Å²) < 4.78 is 56.4. The first kappa shape index (κ1) is 24.4. The highest BCUT2D eigenvalue weighted by Crippen LogP contribution is 2.45. The number of aliphatic hydroxyl groups is 1. The average molecular weight is 498 g/mol. The summed E-state index contributed by atoms with van der Waals surface area (Å²) in [4.78, 5) is 15.2. The van der Waals surface area contributed by atoms with Crippen LogP contribution in [0.5, 0.6) is 11.5 Å². The van der Waals surface area contributed by atoms with E-state index < -0.39 is 17.2 Å². The first-order chi connectivity index (χ1) is 16.1. The van der Waals surface area contributed by atoms with Crippen LogP contribution in [0.15, 0.2) is 39.5 Å². The Labute approximate surface area is 198 Å². The molecule has 1 aliphatic rings. The molecule has 182 valence electrons. The molecule has 1 aromatic heterocycles. The first-order valence-corrected chi connectivity index (χ1v) is 10.9. The van der Waals surface area contributed by atoms with Crippen molar-refractivity contribution in [3.05, 3.63) is 56.7 Å². The van der Waals surface area contributed by atoms with Crippen molar-refractivity contribution in [2.75, 3.05) is 34.4 Å². The molecular formula is C24H23ClF3NO5. The topological polar surface area (TPSA) is 72.1 Å². The van der Waals surface area contributed by atoms with Gasteiger partial charge in [-0.25, -0.2) is 0 Å². The van der Waals surface area contributed by atoms with Crippen LogP contribution in [-0.2, 0) is 6.18 Å². The van der Waals surface area contributed by atoms with Gasteiger partial charge in [-0.3, -0.25) is 4.79 Å². The molecule has 4 rings (SSSR count). The summed E-state index contributed by atoms with van der Waals surface area (Å²) in [5.74, 6) is 0.447. The van der Waals surface area contributed by atoms with Crippen LogP contribution in [0.1, 0.15) is 23.5 Å². The number of alkyl halides is 3. The smallest absolute Gasteiger partial charge is 0.416 e. The van der Waals surface area contributed by atoms with Gasteiger partial charge in [0.05, 0.1) is 31.4 Å². The molecular weight excluding hydrogens is 475 g/mol. The maximum Gasteiger partial charge on any atom is 0.416 e. The lowest BCUT2D eigenvalue weighted by molar-refractivity contribution is -0.137. The summed E-state index contributed by atoms with van der Waals surface area (Å²) in [5, 5.41) is 9.98. The number of ether oxygens (including phenoxy) is 2. The highest BCUT2D eigenvalue weighted by atomic mass is 35.5. The molecule has 2 atom stereocenters. The van der Waals surface area contributed by atoms with Gasteiger partial charge < -0.3 is 23.9 Å². The molecule has 10 heteroatoms. The fourth-order valence-corrected chi connectivity index (χ4v) is 4.89. The number of halogens is 4. The Morgan fingerprint density at radius 2 is 1.88 bits per heavy atom. The minimum Gasteiger partial charge on any atom is -0.496 e. The quantitative estimate of drug-likeness (QED) is 0.539. The fourth-order valence-electron chi connectivity index (χ4n) is 4.61. The third-order valence-corrected chi connectivity index (χ3v) is 6.66. The highest BCUT2D eigenvalue weighted by molar-refractivity contribution is 6.33. The molecule has 0 aliphatic carbocycles. The summed E-state index contributed by atoms with van der Waals surface area (Å²) in [5.41, 5.74) is -0.436. The predicted octanol–water partition coefficient (Wildman–Crippen LogP) is 4.93. The number of methoxy groups -OCH3 is 2. The monoisotopic (exact) mass is 497 g/mol. The standard InChI is InChI=1S/C24H23ClF3NO5/c1-29-7-6-14(16(29)11-30)21-19(32-2)10-20(33-3)22-17(31)9-18(34-23(21)22)13-5-4-12(8-15(13)25)24(26,27)28/h4-5,8-10,14,16,30H,6-7,11H2,1-3H3/t14-,16+/m0/s1. The fraction of sp³-hybridized carbons (Fsp3) is 0.375. The van der Waals surface area contributed by atoms with Crippen molar-refractivity contribution in [3.63, 3.8) is 0 Å². The zero-order valence-corrected chi connectivity index (χ0v) is 19.5. The third kappa shape index (κ3) is 4.12. The second kappa shape index (κ2) is 9.13. The molecule has 6 nitrogen and oxygen atoms in total. The predicted molar refractivity (Wildman–Crippen MR) is 122 cm³/mol. The lowest BCUT2D eigenvalue weighted by Crippen LogP contribution is -2.32. The number of benzene rings is 2. The zero-order chi connectivity index (χ0) is 24.8. The van der Waals surface area contributed by atoms with Gasteiger partial charge in [0.15, 0.2) is 5.43 Å². The van der Waals surface area contributed by atoms with E-state index in [1.807, 2.05) is 11.9 Å². The van der Waals surface area contributed by atoms with Crippen molar-refractivity contribution in [2.24, 2.45) is 0 Å². The highest BCUT2D eigenvalue weighted by Gasteiger charge is 2.37.